The summed E-state index contributed by atoms with van der Waals surface area (Å²) in [5.41, 5.74) is 0.656. The van der Waals surface area contributed by atoms with Crippen LogP contribution < -0.4 is 0 Å². The van der Waals surface area contributed by atoms with Gasteiger partial charge in [-0.3, -0.25) is 0 Å². The van der Waals surface area contributed by atoms with Crippen molar-refractivity contribution in [1.29, 1.82) is 0 Å². The molecular formula is C51H100O7Si4. The van der Waals surface area contributed by atoms with Gasteiger partial charge in [0.25, 0.3) is 0 Å². The zero-order valence-electron chi connectivity index (χ0n) is 44.6. The molecule has 2 aliphatic rings. The Bertz CT molecular complexity index is 1510. The van der Waals surface area contributed by atoms with E-state index in [1.807, 2.05) is 0 Å². The Hall–Kier alpha value is -0.452. The maximum absolute atomic E-state index is 11.8. The van der Waals surface area contributed by atoms with E-state index in [0.29, 0.717) is 26.2 Å². The predicted molar refractivity (Wildman–Crippen MR) is 276 cm³/mol. The lowest BCUT2D eigenvalue weighted by Gasteiger charge is -2.49. The molecule has 0 aromatic carbocycles. The first-order chi connectivity index (χ1) is 27.9. The number of ether oxygens (including phenoxy) is 2. The van der Waals surface area contributed by atoms with Gasteiger partial charge in [0.15, 0.2) is 33.3 Å². The molecule has 0 aromatic rings. The molecule has 0 saturated carbocycles. The molecule has 0 spiro atoms. The minimum atomic E-state index is -2.03. The zero-order valence-corrected chi connectivity index (χ0v) is 48.6. The van der Waals surface area contributed by atoms with Crippen LogP contribution in [0.2, 0.25) is 72.5 Å². The van der Waals surface area contributed by atoms with E-state index in [-0.39, 0.29) is 56.6 Å². The summed E-state index contributed by atoms with van der Waals surface area (Å²) in [6.45, 7) is 54.3. The number of aliphatic hydroxyl groups excluding tert-OH is 1. The number of allylic oxidation sites excluding steroid dienone is 4. The van der Waals surface area contributed by atoms with Gasteiger partial charge in [0.1, 0.15) is 0 Å². The third-order valence-corrected chi connectivity index (χ3v) is 34.1. The molecule has 0 aromatic heterocycles. The summed E-state index contributed by atoms with van der Waals surface area (Å²) >= 11 is 0. The van der Waals surface area contributed by atoms with Crippen molar-refractivity contribution in [3.63, 3.8) is 0 Å². The molecule has 62 heavy (non-hydrogen) atoms. The van der Waals surface area contributed by atoms with Crippen LogP contribution in [-0.4, -0.2) is 94.8 Å². The predicted octanol–water partition coefficient (Wildman–Crippen LogP) is 14.5. The summed E-state index contributed by atoms with van der Waals surface area (Å²) in [6.07, 6.45) is 18.5. The van der Waals surface area contributed by atoms with E-state index in [9.17, 15) is 5.11 Å². The normalized spacial score (nSPS) is 28.5. The van der Waals surface area contributed by atoms with Crippen molar-refractivity contribution in [1.82, 2.24) is 0 Å². The fourth-order valence-electron chi connectivity index (χ4n) is 6.83. The molecule has 0 bridgehead atoms. The first-order valence-electron chi connectivity index (χ1n) is 24.1. The van der Waals surface area contributed by atoms with E-state index < -0.39 is 44.8 Å². The van der Waals surface area contributed by atoms with Gasteiger partial charge in [-0.05, 0) is 105 Å². The fraction of sp³-hybridized carbons (Fsp3) is 0.843. The van der Waals surface area contributed by atoms with Gasteiger partial charge in [-0.25, -0.2) is 0 Å². The molecule has 2 rings (SSSR count). The van der Waals surface area contributed by atoms with Crippen molar-refractivity contribution in [2.75, 3.05) is 19.8 Å². The summed E-state index contributed by atoms with van der Waals surface area (Å²) in [4.78, 5) is 0. The highest BCUT2D eigenvalue weighted by Crippen LogP contribution is 2.45. The summed E-state index contributed by atoms with van der Waals surface area (Å²) in [5, 5.41) is 12.4. The minimum Gasteiger partial charge on any atom is -0.417 e. The maximum Gasteiger partial charge on any atom is 0.192 e. The lowest BCUT2D eigenvalue weighted by atomic mass is 9.74. The van der Waals surface area contributed by atoms with Gasteiger partial charge in [0.2, 0.25) is 0 Å². The van der Waals surface area contributed by atoms with Crippen LogP contribution >= 0.6 is 0 Å². The molecule has 2 heterocycles. The van der Waals surface area contributed by atoms with E-state index in [0.717, 1.165) is 25.7 Å². The first kappa shape index (κ1) is 57.7. The van der Waals surface area contributed by atoms with E-state index in [2.05, 4.69) is 199 Å². The average molecular weight is 938 g/mol. The molecule has 362 valence electrons. The van der Waals surface area contributed by atoms with Gasteiger partial charge in [0, 0.05) is 31.0 Å². The van der Waals surface area contributed by atoms with E-state index in [4.69, 9.17) is 27.2 Å². The average Bonchev–Trinajstić information content (AvgIpc) is 3.09. The summed E-state index contributed by atoms with van der Waals surface area (Å²) in [5.74, 6) is 0.239. The topological polar surface area (TPSA) is 75.6 Å². The molecule has 2 fully saturated rings. The highest BCUT2D eigenvalue weighted by Gasteiger charge is 2.50. The van der Waals surface area contributed by atoms with Crippen molar-refractivity contribution in [2.24, 2.45) is 11.3 Å². The van der Waals surface area contributed by atoms with Crippen LogP contribution in [0.15, 0.2) is 48.1 Å². The Kier molecular flexibility index (Phi) is 20.6. The minimum absolute atomic E-state index is 0.0369. The second kappa shape index (κ2) is 22.1. The molecule has 0 unspecified atom stereocenters. The lowest BCUT2D eigenvalue weighted by molar-refractivity contribution is -0.183. The van der Waals surface area contributed by atoms with Crippen LogP contribution in [0.5, 0.6) is 0 Å². The van der Waals surface area contributed by atoms with Gasteiger partial charge in [-0.1, -0.05) is 145 Å². The van der Waals surface area contributed by atoms with Gasteiger partial charge in [0.05, 0.1) is 43.2 Å². The largest absolute Gasteiger partial charge is 0.417 e. The van der Waals surface area contributed by atoms with Gasteiger partial charge >= 0.3 is 0 Å². The van der Waals surface area contributed by atoms with Crippen LogP contribution in [0.1, 0.15) is 136 Å². The highest BCUT2D eigenvalue weighted by atomic mass is 28.4. The number of hydrogen-bond acceptors (Lipinski definition) is 7. The van der Waals surface area contributed by atoms with Crippen molar-refractivity contribution in [3.8, 4) is 0 Å². The maximum atomic E-state index is 11.8. The molecule has 8 atom stereocenters. The van der Waals surface area contributed by atoms with Crippen molar-refractivity contribution < 1.29 is 32.3 Å². The Morgan fingerprint density at radius 3 is 1.77 bits per heavy atom. The quantitative estimate of drug-likeness (QED) is 0.0785. The highest BCUT2D eigenvalue weighted by molar-refractivity contribution is 6.75. The molecule has 11 heteroatoms. The summed E-state index contributed by atoms with van der Waals surface area (Å²) in [6, 6.07) is 0. The second-order valence-electron chi connectivity index (χ2n) is 25.4. The van der Waals surface area contributed by atoms with Crippen molar-refractivity contribution >= 4 is 33.3 Å². The van der Waals surface area contributed by atoms with Crippen LogP contribution in [0.3, 0.4) is 0 Å². The number of hydrogen-bond donors (Lipinski definition) is 1. The monoisotopic (exact) mass is 937 g/mol. The SMILES string of the molecule is CC(=C/[C@@H]1O[C@H](C/C=C/CO[Si](C)(C)C(C)(C)C)C[C@@H](O[Si](C)(C)C(C)(C)C)[C@@H]1C)/C=C/C/C=C/[C@H]1C[C@H](O)[C@](C)(CO[Si](C)(C)C(C)(C)C)[C@@H](CCO[Si](C)(C)C(C)(C)C)O1. The van der Waals surface area contributed by atoms with Crippen LogP contribution in [0.4, 0.5) is 0 Å². The third kappa shape index (κ3) is 16.4. The molecular weight excluding hydrogens is 837 g/mol. The summed E-state index contributed by atoms with van der Waals surface area (Å²) in [7, 11) is -7.74. The standard InChI is InChI=1S/C51H100O7Si4/c1-39(35-43-40(2)44(58-62(22,23)50(12,13)14)36-41(56-43)31-27-28-33-53-59(16,17)47(3,4)5)29-25-24-26-30-42-37-45(52)51(15,38-55-61(20,21)49(9,10)11)46(57-42)32-34-54-60(18,19)48(6,7)8/h25-30,35,40-46,52H,24,31-34,36-38H2,1-23H3/b28-27+,29-25+,30-26+,39-35-/t40-,41-,42+,43+,44-,45+,46-,51+/m1/s1. The molecule has 2 aliphatic heterocycles. The second-order valence-corrected chi connectivity index (χ2v) is 44.5. The van der Waals surface area contributed by atoms with Crippen LogP contribution in [0.25, 0.3) is 0 Å². The van der Waals surface area contributed by atoms with E-state index in [1.54, 1.807) is 0 Å². The van der Waals surface area contributed by atoms with Crippen molar-refractivity contribution in [3.05, 3.63) is 48.1 Å². The molecule has 2 saturated heterocycles. The molecule has 0 aliphatic carbocycles. The number of rotatable bonds is 19. The molecule has 7 nitrogen and oxygen atoms in total. The molecule has 0 radical (unpaired) electrons. The smallest absolute Gasteiger partial charge is 0.192 e. The van der Waals surface area contributed by atoms with Gasteiger partial charge < -0.3 is 32.3 Å². The van der Waals surface area contributed by atoms with E-state index >= 15 is 0 Å². The van der Waals surface area contributed by atoms with Gasteiger partial charge in [-0.2, -0.15) is 0 Å². The first-order valence-corrected chi connectivity index (χ1v) is 35.8. The Balaban J connectivity index is 2.21. The van der Waals surface area contributed by atoms with E-state index in [1.165, 1.54) is 5.57 Å². The Labute approximate surface area is 388 Å². The Morgan fingerprint density at radius 2 is 1.23 bits per heavy atom. The molecule has 1 N–H and O–H groups in total. The third-order valence-electron chi connectivity index (χ3n) is 16.0. The number of aliphatic hydroxyl groups is 1. The lowest BCUT2D eigenvalue weighted by Crippen LogP contribution is -2.56. The fourth-order valence-corrected chi connectivity index (χ4v) is 11.4. The van der Waals surface area contributed by atoms with Crippen molar-refractivity contribution in [2.45, 2.75) is 245 Å². The van der Waals surface area contributed by atoms with Crippen LogP contribution in [0, 0.1) is 11.3 Å². The molecule has 0 amide bonds. The van der Waals surface area contributed by atoms with Crippen LogP contribution in [-0.2, 0) is 27.2 Å². The zero-order chi connectivity index (χ0) is 48.0. The summed E-state index contributed by atoms with van der Waals surface area (Å²) < 4.78 is 40.6. The Morgan fingerprint density at radius 1 is 0.694 bits per heavy atom. The van der Waals surface area contributed by atoms with Gasteiger partial charge in [-0.15, -0.1) is 0 Å².